The summed E-state index contributed by atoms with van der Waals surface area (Å²) in [6.45, 7) is 0.844. The predicted molar refractivity (Wildman–Crippen MR) is 159 cm³/mol. The molecule has 0 saturated heterocycles. The molecule has 3 aromatic heterocycles. The van der Waals surface area contributed by atoms with Crippen LogP contribution in [0.25, 0.3) is 22.2 Å². The van der Waals surface area contributed by atoms with Gasteiger partial charge in [-0.1, -0.05) is 30.3 Å². The Bertz CT molecular complexity index is 1540. The van der Waals surface area contributed by atoms with Gasteiger partial charge in [0.15, 0.2) is 0 Å². The number of hydrogen-bond acceptors (Lipinski definition) is 8. The molecule has 1 atom stereocenters. The Morgan fingerprint density at radius 2 is 1.97 bits per heavy atom. The van der Waals surface area contributed by atoms with E-state index in [4.69, 9.17) is 4.74 Å². The second-order valence-corrected chi connectivity index (χ2v) is 10.7. The Morgan fingerprint density at radius 3 is 2.79 bits per heavy atom. The minimum atomic E-state index is -0.286. The van der Waals surface area contributed by atoms with Crippen LogP contribution in [0.2, 0.25) is 0 Å². The number of anilines is 1. The Kier molecular flexibility index (Phi) is 8.75. The molecule has 5 aromatic rings. The molecular weight excluding hydrogens is 528 g/mol. The number of ether oxygens (including phenoxy) is 1. The van der Waals surface area contributed by atoms with Crippen LogP contribution in [-0.4, -0.2) is 45.8 Å². The first kappa shape index (κ1) is 26.7. The van der Waals surface area contributed by atoms with Gasteiger partial charge in [-0.3, -0.25) is 9.78 Å². The number of rotatable bonds is 12. The van der Waals surface area contributed by atoms with Crippen LogP contribution in [-0.2, 0) is 0 Å². The van der Waals surface area contributed by atoms with Gasteiger partial charge in [0.25, 0.3) is 5.91 Å². The van der Waals surface area contributed by atoms with Crippen molar-refractivity contribution >= 4 is 45.6 Å². The third-order valence-corrected chi connectivity index (χ3v) is 7.97. The van der Waals surface area contributed by atoms with Gasteiger partial charge in [0, 0.05) is 22.5 Å². The summed E-state index contributed by atoms with van der Waals surface area (Å²) >= 11 is 3.05. The number of unbranched alkanes of at least 4 members (excludes halogenated alkanes) is 1. The van der Waals surface area contributed by atoms with Crippen LogP contribution in [0.4, 0.5) is 5.69 Å². The maximum absolute atomic E-state index is 12.9. The van der Waals surface area contributed by atoms with E-state index >= 15 is 0 Å². The third kappa shape index (κ3) is 6.40. The number of pyridine rings is 1. The maximum atomic E-state index is 12.9. The van der Waals surface area contributed by atoms with Gasteiger partial charge >= 0.3 is 0 Å². The zero-order chi connectivity index (χ0) is 27.0. The van der Waals surface area contributed by atoms with Crippen molar-refractivity contribution in [2.75, 3.05) is 25.2 Å². The topological polar surface area (TPSA) is 105 Å². The molecule has 0 radical (unpaired) electrons. The number of thiazole rings is 1. The summed E-state index contributed by atoms with van der Waals surface area (Å²) in [5.74, 6) is 1.06. The Hall–Kier alpha value is -3.89. The fourth-order valence-electron chi connectivity index (χ4n) is 4.42. The van der Waals surface area contributed by atoms with Crippen LogP contribution in [0.3, 0.4) is 0 Å². The highest BCUT2D eigenvalue weighted by Gasteiger charge is 2.21. The molecule has 0 spiro atoms. The summed E-state index contributed by atoms with van der Waals surface area (Å²) < 4.78 is 5.59. The highest BCUT2D eigenvalue weighted by atomic mass is 32.2. The average Bonchev–Trinajstić information content (AvgIpc) is 3.69. The quantitative estimate of drug-likeness (QED) is 0.118. The number of hydrogen-bond donors (Lipinski definition) is 3. The molecule has 5 rings (SSSR count). The van der Waals surface area contributed by atoms with Crippen molar-refractivity contribution in [1.29, 1.82) is 0 Å². The number of aromatic amines is 1. The van der Waals surface area contributed by atoms with Gasteiger partial charge in [-0.2, -0.15) is 0 Å². The van der Waals surface area contributed by atoms with Crippen LogP contribution in [0.5, 0.6) is 5.88 Å². The number of para-hydroxylation sites is 2. The number of aromatic nitrogens is 4. The lowest BCUT2D eigenvalue weighted by Gasteiger charge is -2.17. The second-order valence-electron chi connectivity index (χ2n) is 8.93. The van der Waals surface area contributed by atoms with Gasteiger partial charge in [0.1, 0.15) is 10.7 Å². The Balaban J connectivity index is 1.31. The first-order valence-corrected chi connectivity index (χ1v) is 14.8. The third-order valence-electron chi connectivity index (χ3n) is 6.40. The number of nitrogens with one attached hydrogen (secondary N) is 3. The van der Waals surface area contributed by atoms with E-state index in [-0.39, 0.29) is 11.9 Å². The van der Waals surface area contributed by atoms with E-state index in [0.717, 1.165) is 53.7 Å². The number of benzene rings is 2. The van der Waals surface area contributed by atoms with Gasteiger partial charge in [-0.15, -0.1) is 23.1 Å². The van der Waals surface area contributed by atoms with Crippen molar-refractivity contribution in [1.82, 2.24) is 25.3 Å². The minimum absolute atomic E-state index is 0.155. The second kappa shape index (κ2) is 12.8. The first-order valence-electron chi connectivity index (χ1n) is 12.7. The molecule has 8 nitrogen and oxygen atoms in total. The molecule has 3 N–H and O–H groups in total. The summed E-state index contributed by atoms with van der Waals surface area (Å²) in [5.41, 5.74) is 5.27. The van der Waals surface area contributed by atoms with E-state index in [9.17, 15) is 4.79 Å². The van der Waals surface area contributed by atoms with Gasteiger partial charge in [-0.05, 0) is 49.8 Å². The molecule has 0 aliphatic heterocycles. The Morgan fingerprint density at radius 1 is 1.13 bits per heavy atom. The van der Waals surface area contributed by atoms with Crippen LogP contribution in [0.1, 0.15) is 40.8 Å². The molecule has 0 fully saturated rings. The Labute approximate surface area is 235 Å². The highest BCUT2D eigenvalue weighted by Crippen LogP contribution is 2.32. The van der Waals surface area contributed by atoms with Gasteiger partial charge in [-0.25, -0.2) is 9.97 Å². The van der Waals surface area contributed by atoms with Crippen molar-refractivity contribution in [3.05, 3.63) is 83.2 Å². The lowest BCUT2D eigenvalue weighted by Crippen LogP contribution is -2.29. The number of H-pyrrole nitrogens is 1. The van der Waals surface area contributed by atoms with Crippen molar-refractivity contribution < 1.29 is 9.53 Å². The first-order chi connectivity index (χ1) is 19.2. The van der Waals surface area contributed by atoms with Gasteiger partial charge in [0.05, 0.1) is 47.8 Å². The number of amides is 1. The number of imidazole rings is 1. The molecule has 0 aliphatic carbocycles. The molecule has 39 heavy (non-hydrogen) atoms. The molecular formula is C29H30N6O2S2. The molecule has 0 unspecified atom stereocenters. The van der Waals surface area contributed by atoms with Crippen molar-refractivity contribution in [3.63, 3.8) is 0 Å². The van der Waals surface area contributed by atoms with E-state index < -0.39 is 0 Å². The van der Waals surface area contributed by atoms with Crippen molar-refractivity contribution in [2.24, 2.45) is 0 Å². The molecule has 2 aromatic carbocycles. The van der Waals surface area contributed by atoms with Crippen molar-refractivity contribution in [2.45, 2.75) is 30.2 Å². The fraction of sp³-hybridized carbons (Fsp3) is 0.241. The maximum Gasteiger partial charge on any atom is 0.263 e. The van der Waals surface area contributed by atoms with Gasteiger partial charge in [0.2, 0.25) is 5.88 Å². The number of nitrogens with zero attached hydrogens (tertiary/aromatic N) is 3. The number of methoxy groups -OCH3 is 1. The summed E-state index contributed by atoms with van der Waals surface area (Å²) in [4.78, 5) is 31.5. The zero-order valence-electron chi connectivity index (χ0n) is 21.8. The van der Waals surface area contributed by atoms with E-state index in [1.165, 1.54) is 16.2 Å². The largest absolute Gasteiger partial charge is 0.480 e. The average molecular weight is 559 g/mol. The number of thioether (sulfide) groups is 1. The molecule has 0 bridgehead atoms. The summed E-state index contributed by atoms with van der Waals surface area (Å²) in [7, 11) is 1.61. The SMILES string of the molecule is COc1nc2ccccc2cc1-c1cnc([C@H](CCCCNc2ccccc2SC)NC(=O)c2cncs2)[nH]1. The predicted octanol–water partition coefficient (Wildman–Crippen LogP) is 6.57. The number of fused-ring (bicyclic) bond motifs is 1. The normalized spacial score (nSPS) is 11.8. The molecule has 200 valence electrons. The van der Waals surface area contributed by atoms with Crippen molar-refractivity contribution in [3.8, 4) is 17.1 Å². The standard InChI is InChI=1S/C29H30N6O2S2/c1-37-29-20(15-19-9-3-4-10-21(19)35-29)24-16-32-27(33-24)23(34-28(36)26-17-30-18-39-26)12-7-8-14-31-22-11-5-6-13-25(22)38-2/h3-6,9-11,13,15-18,23,31H,7-8,12,14H2,1-2H3,(H,32,33)(H,34,36)/t23-/m0/s1. The highest BCUT2D eigenvalue weighted by molar-refractivity contribution is 7.98. The van der Waals surface area contributed by atoms with Gasteiger partial charge < -0.3 is 20.4 Å². The monoisotopic (exact) mass is 558 g/mol. The van der Waals surface area contributed by atoms with E-state index in [1.807, 2.05) is 36.4 Å². The lowest BCUT2D eigenvalue weighted by atomic mass is 10.1. The van der Waals surface area contributed by atoms with E-state index in [0.29, 0.717) is 16.6 Å². The van der Waals surface area contributed by atoms with Crippen LogP contribution < -0.4 is 15.4 Å². The minimum Gasteiger partial charge on any atom is -0.480 e. The summed E-state index contributed by atoms with van der Waals surface area (Å²) in [5, 5.41) is 7.70. The lowest BCUT2D eigenvalue weighted by molar-refractivity contribution is 0.0936. The molecule has 0 aliphatic rings. The summed E-state index contributed by atoms with van der Waals surface area (Å²) in [6, 6.07) is 18.0. The number of carbonyl (C=O) groups excluding carboxylic acids is 1. The molecule has 0 saturated carbocycles. The zero-order valence-corrected chi connectivity index (χ0v) is 23.4. The van der Waals surface area contributed by atoms with E-state index in [1.54, 1.807) is 36.8 Å². The van der Waals surface area contributed by atoms with Crippen LogP contribution in [0.15, 0.2) is 77.4 Å². The molecule has 10 heteroatoms. The van der Waals surface area contributed by atoms with E-state index in [2.05, 4.69) is 55.0 Å². The summed E-state index contributed by atoms with van der Waals surface area (Å²) in [6.07, 6.45) is 8.03. The molecule has 1 amide bonds. The smallest absolute Gasteiger partial charge is 0.263 e. The fourth-order valence-corrected chi connectivity index (χ4v) is 5.52. The molecule has 3 heterocycles. The van der Waals surface area contributed by atoms with Crippen LogP contribution in [0, 0.1) is 0 Å². The van der Waals surface area contributed by atoms with Crippen LogP contribution >= 0.6 is 23.1 Å². The number of carbonyl (C=O) groups is 1.